The van der Waals surface area contributed by atoms with Crippen LogP contribution in [0.1, 0.15) is 18.4 Å². The Hall–Kier alpha value is -2.34. The smallest absolute Gasteiger partial charge is 0.246 e. The molecule has 0 bridgehead atoms. The summed E-state index contributed by atoms with van der Waals surface area (Å²) in [5.74, 6) is -0.206. The lowest BCUT2D eigenvalue weighted by molar-refractivity contribution is -0.145. The van der Waals surface area contributed by atoms with Gasteiger partial charge in [0.1, 0.15) is 11.6 Å². The molecule has 6 nitrogen and oxygen atoms in total. The summed E-state index contributed by atoms with van der Waals surface area (Å²) in [5, 5.41) is 6.94. The van der Waals surface area contributed by atoms with Gasteiger partial charge in [0.15, 0.2) is 0 Å². The fourth-order valence-electron chi connectivity index (χ4n) is 3.48. The van der Waals surface area contributed by atoms with Crippen LogP contribution in [0.25, 0.3) is 10.9 Å². The number of aromatic nitrogens is 1. The van der Waals surface area contributed by atoms with Gasteiger partial charge in [0.25, 0.3) is 0 Å². The minimum atomic E-state index is -0.786. The second-order valence-corrected chi connectivity index (χ2v) is 6.27. The molecule has 2 aliphatic heterocycles. The van der Waals surface area contributed by atoms with E-state index in [0.29, 0.717) is 32.5 Å². The first kappa shape index (κ1) is 14.3. The number of aromatic amines is 1. The van der Waals surface area contributed by atoms with Crippen LogP contribution in [0.15, 0.2) is 30.5 Å². The van der Waals surface area contributed by atoms with Crippen LogP contribution in [0.5, 0.6) is 0 Å². The summed E-state index contributed by atoms with van der Waals surface area (Å²) < 4.78 is 5.31. The Morgan fingerprint density at radius 2 is 1.96 bits per heavy atom. The zero-order valence-electron chi connectivity index (χ0n) is 12.7. The van der Waals surface area contributed by atoms with Crippen LogP contribution >= 0.6 is 0 Å². The summed E-state index contributed by atoms with van der Waals surface area (Å²) in [6.45, 7) is 1.00. The van der Waals surface area contributed by atoms with Crippen molar-refractivity contribution in [3.8, 4) is 0 Å². The number of hydrogen-bond donors (Lipinski definition) is 3. The van der Waals surface area contributed by atoms with Crippen LogP contribution in [0.3, 0.4) is 0 Å². The van der Waals surface area contributed by atoms with E-state index in [2.05, 4.69) is 15.6 Å². The van der Waals surface area contributed by atoms with Gasteiger partial charge in [-0.2, -0.15) is 0 Å². The monoisotopic (exact) mass is 313 g/mol. The van der Waals surface area contributed by atoms with E-state index in [1.807, 2.05) is 30.5 Å². The molecule has 23 heavy (non-hydrogen) atoms. The minimum Gasteiger partial charge on any atom is -0.381 e. The summed E-state index contributed by atoms with van der Waals surface area (Å²) in [5.41, 5.74) is 1.28. The number of amides is 2. The number of fused-ring (bicyclic) bond motifs is 1. The fraction of sp³-hybridized carbons (Fsp3) is 0.412. The number of rotatable bonds is 2. The van der Waals surface area contributed by atoms with Gasteiger partial charge in [-0.15, -0.1) is 0 Å². The molecule has 0 radical (unpaired) electrons. The fourth-order valence-corrected chi connectivity index (χ4v) is 3.48. The number of piperazine rings is 1. The van der Waals surface area contributed by atoms with E-state index in [1.165, 1.54) is 0 Å². The Labute approximate surface area is 133 Å². The lowest BCUT2D eigenvalue weighted by Gasteiger charge is -2.42. The summed E-state index contributed by atoms with van der Waals surface area (Å²) in [7, 11) is 0. The van der Waals surface area contributed by atoms with Crippen molar-refractivity contribution in [3.63, 3.8) is 0 Å². The third-order valence-corrected chi connectivity index (χ3v) is 4.86. The minimum absolute atomic E-state index is 0.0924. The van der Waals surface area contributed by atoms with Gasteiger partial charge in [0.2, 0.25) is 11.8 Å². The summed E-state index contributed by atoms with van der Waals surface area (Å²) in [6.07, 6.45) is 3.45. The molecule has 0 unspecified atom stereocenters. The molecule has 3 heterocycles. The molecular weight excluding hydrogens is 294 g/mol. The first-order chi connectivity index (χ1) is 11.2. The highest BCUT2D eigenvalue weighted by Crippen LogP contribution is 2.25. The van der Waals surface area contributed by atoms with Crippen molar-refractivity contribution in [1.29, 1.82) is 0 Å². The topological polar surface area (TPSA) is 83.2 Å². The molecule has 6 heteroatoms. The van der Waals surface area contributed by atoms with Crippen LogP contribution in [0.2, 0.25) is 0 Å². The lowest BCUT2D eigenvalue weighted by Crippen LogP contribution is -2.71. The molecular formula is C17H19N3O3. The van der Waals surface area contributed by atoms with E-state index < -0.39 is 11.6 Å². The maximum absolute atomic E-state index is 12.5. The van der Waals surface area contributed by atoms with Gasteiger partial charge >= 0.3 is 0 Å². The van der Waals surface area contributed by atoms with Crippen molar-refractivity contribution in [1.82, 2.24) is 15.6 Å². The van der Waals surface area contributed by atoms with Gasteiger partial charge in [0.05, 0.1) is 0 Å². The summed E-state index contributed by atoms with van der Waals surface area (Å²) >= 11 is 0. The van der Waals surface area contributed by atoms with E-state index in [-0.39, 0.29) is 11.8 Å². The van der Waals surface area contributed by atoms with Crippen molar-refractivity contribution in [2.75, 3.05) is 13.2 Å². The first-order valence-corrected chi connectivity index (χ1v) is 7.94. The van der Waals surface area contributed by atoms with Crippen LogP contribution < -0.4 is 10.6 Å². The Morgan fingerprint density at radius 3 is 2.78 bits per heavy atom. The number of hydrogen-bond acceptors (Lipinski definition) is 3. The predicted molar refractivity (Wildman–Crippen MR) is 84.9 cm³/mol. The van der Waals surface area contributed by atoms with Crippen molar-refractivity contribution in [2.24, 2.45) is 0 Å². The number of nitrogens with one attached hydrogen (secondary N) is 3. The molecule has 1 spiro atoms. The van der Waals surface area contributed by atoms with Crippen LogP contribution in [-0.4, -0.2) is 41.6 Å². The van der Waals surface area contributed by atoms with Gasteiger partial charge in [-0.1, -0.05) is 18.2 Å². The summed E-state index contributed by atoms with van der Waals surface area (Å²) in [6, 6.07) is 7.41. The number of carbonyl (C=O) groups is 2. The van der Waals surface area contributed by atoms with E-state index in [0.717, 1.165) is 16.5 Å². The molecule has 120 valence electrons. The Morgan fingerprint density at radius 1 is 1.17 bits per heavy atom. The third kappa shape index (κ3) is 2.39. The number of carbonyl (C=O) groups excluding carboxylic acids is 2. The quantitative estimate of drug-likeness (QED) is 0.769. The van der Waals surface area contributed by atoms with E-state index in [1.54, 1.807) is 0 Å². The Bertz CT molecular complexity index is 761. The molecule has 0 saturated carbocycles. The molecule has 2 aromatic rings. The second-order valence-electron chi connectivity index (χ2n) is 6.27. The SMILES string of the molecule is O=C1NC2(CCOCC2)C(=O)N[C@@H]1Cc1c[nH]c2ccccc12. The molecule has 2 aliphatic rings. The van der Waals surface area contributed by atoms with Gasteiger partial charge in [-0.05, 0) is 11.6 Å². The number of ether oxygens (including phenoxy) is 1. The largest absolute Gasteiger partial charge is 0.381 e. The van der Waals surface area contributed by atoms with Crippen LogP contribution in [-0.2, 0) is 20.7 Å². The molecule has 1 aromatic heterocycles. The molecule has 1 atom stereocenters. The molecule has 2 fully saturated rings. The Kier molecular flexibility index (Phi) is 3.34. The van der Waals surface area contributed by atoms with Crippen LogP contribution in [0, 0.1) is 0 Å². The standard InChI is InChI=1S/C17H19N3O3/c21-15-14(9-11-10-18-13-4-2-1-3-12(11)13)19-16(22)17(20-15)5-7-23-8-6-17/h1-4,10,14,18H,5-9H2,(H,19,22)(H,20,21)/t14-/m1/s1. The molecule has 2 saturated heterocycles. The maximum atomic E-state index is 12.5. The Balaban J connectivity index is 1.54. The van der Waals surface area contributed by atoms with Gasteiger partial charge in [0, 0.05) is 49.6 Å². The molecule has 1 aromatic carbocycles. The normalized spacial score (nSPS) is 23.7. The molecule has 2 amide bonds. The summed E-state index contributed by atoms with van der Waals surface area (Å²) in [4.78, 5) is 28.2. The highest BCUT2D eigenvalue weighted by Gasteiger charge is 2.47. The van der Waals surface area contributed by atoms with Gasteiger partial charge < -0.3 is 20.4 Å². The lowest BCUT2D eigenvalue weighted by atomic mass is 9.85. The van der Waals surface area contributed by atoms with Crippen molar-refractivity contribution in [3.05, 3.63) is 36.0 Å². The average Bonchev–Trinajstić information content (AvgIpc) is 2.97. The zero-order chi connectivity index (χ0) is 15.9. The van der Waals surface area contributed by atoms with E-state index in [9.17, 15) is 9.59 Å². The third-order valence-electron chi connectivity index (χ3n) is 4.86. The number of benzene rings is 1. The van der Waals surface area contributed by atoms with Crippen molar-refractivity contribution < 1.29 is 14.3 Å². The number of H-pyrrole nitrogens is 1. The van der Waals surface area contributed by atoms with E-state index in [4.69, 9.17) is 4.74 Å². The average molecular weight is 313 g/mol. The second kappa shape index (κ2) is 5.38. The number of para-hydroxylation sites is 1. The van der Waals surface area contributed by atoms with Crippen molar-refractivity contribution >= 4 is 22.7 Å². The predicted octanol–water partition coefficient (Wildman–Crippen LogP) is 0.874. The van der Waals surface area contributed by atoms with E-state index >= 15 is 0 Å². The first-order valence-electron chi connectivity index (χ1n) is 7.94. The highest BCUT2D eigenvalue weighted by molar-refractivity contribution is 6.00. The van der Waals surface area contributed by atoms with Crippen LogP contribution in [0.4, 0.5) is 0 Å². The highest BCUT2D eigenvalue weighted by atomic mass is 16.5. The van der Waals surface area contributed by atoms with Crippen molar-refractivity contribution in [2.45, 2.75) is 30.8 Å². The van der Waals surface area contributed by atoms with Gasteiger partial charge in [-0.3, -0.25) is 9.59 Å². The molecule has 0 aliphatic carbocycles. The molecule has 4 rings (SSSR count). The molecule has 3 N–H and O–H groups in total. The van der Waals surface area contributed by atoms with Gasteiger partial charge in [-0.25, -0.2) is 0 Å². The zero-order valence-corrected chi connectivity index (χ0v) is 12.7. The maximum Gasteiger partial charge on any atom is 0.246 e.